The molecule has 0 spiro atoms. The van der Waals surface area contributed by atoms with E-state index in [1.54, 1.807) is 18.5 Å². The lowest BCUT2D eigenvalue weighted by atomic mass is 10.2. The predicted octanol–water partition coefficient (Wildman–Crippen LogP) is 1.36. The van der Waals surface area contributed by atoms with Crippen molar-refractivity contribution in [1.29, 1.82) is 0 Å². The number of anilines is 2. The topological polar surface area (TPSA) is 96.4 Å². The largest absolute Gasteiger partial charge is 0.376 e. The summed E-state index contributed by atoms with van der Waals surface area (Å²) in [4.78, 5) is 25.0. The zero-order valence-electron chi connectivity index (χ0n) is 15.5. The third kappa shape index (κ3) is 5.09. The summed E-state index contributed by atoms with van der Waals surface area (Å²) in [7, 11) is 0. The van der Waals surface area contributed by atoms with Crippen LogP contribution in [0.2, 0.25) is 0 Å². The molecule has 0 radical (unpaired) electrons. The van der Waals surface area contributed by atoms with E-state index in [0.29, 0.717) is 18.8 Å². The molecule has 2 aliphatic heterocycles. The van der Waals surface area contributed by atoms with Crippen molar-refractivity contribution in [2.75, 3.05) is 55.3 Å². The summed E-state index contributed by atoms with van der Waals surface area (Å²) in [5, 5.41) is 12.4. The Morgan fingerprint density at radius 1 is 1.25 bits per heavy atom. The number of amides is 1. The monoisotopic (exact) mass is 421 g/mol. The lowest BCUT2D eigenvalue weighted by molar-refractivity contribution is -0.128. The molecule has 0 aliphatic carbocycles. The maximum atomic E-state index is 12.5. The Hall–Kier alpha value is -1.98. The van der Waals surface area contributed by atoms with Crippen LogP contribution in [0, 0.1) is 0 Å². The first kappa shape index (κ1) is 19.3. The fourth-order valence-electron chi connectivity index (χ4n) is 3.17. The van der Waals surface area contributed by atoms with Gasteiger partial charge in [-0.2, -0.15) is 0 Å². The molecule has 150 valence electrons. The van der Waals surface area contributed by atoms with Crippen molar-refractivity contribution in [2.24, 2.45) is 0 Å². The molecule has 0 aromatic carbocycles. The maximum absolute atomic E-state index is 12.5. The second-order valence-corrected chi connectivity index (χ2v) is 8.79. The number of piperazine rings is 1. The van der Waals surface area contributed by atoms with Gasteiger partial charge in [-0.25, -0.2) is 9.97 Å². The van der Waals surface area contributed by atoms with E-state index in [-0.39, 0.29) is 12.0 Å². The standard InChI is InChI=1S/C17H23N7O2S2/c25-14(23-6-8-24(9-7-23)15-18-4-2-5-19-15)12-27-17-22-21-16(28-17)20-11-13-3-1-10-26-13/h2,4-5,13H,1,3,6-12H2,(H,20,21)/t13-/m0/s1. The molecule has 2 aliphatic rings. The van der Waals surface area contributed by atoms with Gasteiger partial charge in [0.25, 0.3) is 0 Å². The van der Waals surface area contributed by atoms with Crippen LogP contribution < -0.4 is 10.2 Å². The summed E-state index contributed by atoms with van der Waals surface area (Å²) in [6, 6.07) is 1.80. The second kappa shape index (κ2) is 9.48. The summed E-state index contributed by atoms with van der Waals surface area (Å²) in [5.74, 6) is 1.23. The van der Waals surface area contributed by atoms with Crippen molar-refractivity contribution in [3.8, 4) is 0 Å². The van der Waals surface area contributed by atoms with Gasteiger partial charge in [-0.3, -0.25) is 4.79 Å². The number of thioether (sulfide) groups is 1. The van der Waals surface area contributed by atoms with E-state index in [1.807, 2.05) is 4.90 Å². The van der Waals surface area contributed by atoms with E-state index in [9.17, 15) is 4.79 Å². The molecule has 11 heteroatoms. The molecule has 2 aromatic rings. The summed E-state index contributed by atoms with van der Waals surface area (Å²) in [6.07, 6.45) is 5.95. The average molecular weight is 422 g/mol. The molecular weight excluding hydrogens is 398 g/mol. The average Bonchev–Trinajstić information content (AvgIpc) is 3.43. The van der Waals surface area contributed by atoms with Crippen molar-refractivity contribution in [1.82, 2.24) is 25.1 Å². The number of rotatable bonds is 7. The number of carbonyl (C=O) groups excluding carboxylic acids is 1. The highest BCUT2D eigenvalue weighted by Gasteiger charge is 2.23. The Morgan fingerprint density at radius 2 is 2.07 bits per heavy atom. The van der Waals surface area contributed by atoms with Gasteiger partial charge in [0.05, 0.1) is 11.9 Å². The van der Waals surface area contributed by atoms with Crippen LogP contribution in [0.5, 0.6) is 0 Å². The number of hydrogen-bond donors (Lipinski definition) is 1. The first-order valence-corrected chi connectivity index (χ1v) is 11.2. The molecule has 4 rings (SSSR count). The molecule has 0 bridgehead atoms. The number of ether oxygens (including phenoxy) is 1. The van der Waals surface area contributed by atoms with Gasteiger partial charge in [0.1, 0.15) is 0 Å². The zero-order chi connectivity index (χ0) is 19.2. The minimum absolute atomic E-state index is 0.127. The third-order valence-corrected chi connectivity index (χ3v) is 6.70. The molecule has 1 N–H and O–H groups in total. The first-order valence-electron chi connectivity index (χ1n) is 9.39. The minimum atomic E-state index is 0.127. The molecule has 2 fully saturated rings. The molecular formula is C17H23N7O2S2. The highest BCUT2D eigenvalue weighted by molar-refractivity contribution is 8.01. The van der Waals surface area contributed by atoms with E-state index >= 15 is 0 Å². The molecule has 9 nitrogen and oxygen atoms in total. The Balaban J connectivity index is 1.18. The number of aromatic nitrogens is 4. The summed E-state index contributed by atoms with van der Waals surface area (Å²) in [5.41, 5.74) is 0. The number of nitrogens with zero attached hydrogens (tertiary/aromatic N) is 6. The number of carbonyl (C=O) groups is 1. The summed E-state index contributed by atoms with van der Waals surface area (Å²) in [6.45, 7) is 4.46. The van der Waals surface area contributed by atoms with Crippen LogP contribution in [-0.4, -0.2) is 82.2 Å². The maximum Gasteiger partial charge on any atom is 0.233 e. The van der Waals surface area contributed by atoms with E-state index in [1.165, 1.54) is 23.1 Å². The lowest BCUT2D eigenvalue weighted by Gasteiger charge is -2.34. The van der Waals surface area contributed by atoms with Crippen LogP contribution in [0.1, 0.15) is 12.8 Å². The Morgan fingerprint density at radius 3 is 2.82 bits per heavy atom. The Kier molecular flexibility index (Phi) is 6.55. The van der Waals surface area contributed by atoms with E-state index in [2.05, 4.69) is 30.4 Å². The quantitative estimate of drug-likeness (QED) is 0.665. The van der Waals surface area contributed by atoms with Crippen LogP contribution in [0.4, 0.5) is 11.1 Å². The van der Waals surface area contributed by atoms with Gasteiger partial charge >= 0.3 is 0 Å². The fourth-order valence-corrected chi connectivity index (χ4v) is 4.83. The predicted molar refractivity (Wildman–Crippen MR) is 109 cm³/mol. The molecule has 28 heavy (non-hydrogen) atoms. The van der Waals surface area contributed by atoms with Gasteiger partial charge in [-0.05, 0) is 18.9 Å². The number of nitrogens with one attached hydrogen (secondary N) is 1. The van der Waals surface area contributed by atoms with Gasteiger partial charge in [0.2, 0.25) is 17.0 Å². The van der Waals surface area contributed by atoms with Crippen molar-refractivity contribution in [3.05, 3.63) is 18.5 Å². The molecule has 2 aromatic heterocycles. The van der Waals surface area contributed by atoms with E-state index in [4.69, 9.17) is 4.74 Å². The molecule has 4 heterocycles. The van der Waals surface area contributed by atoms with Crippen LogP contribution in [0.3, 0.4) is 0 Å². The summed E-state index contributed by atoms with van der Waals surface area (Å²) >= 11 is 2.92. The molecule has 2 saturated heterocycles. The first-order chi connectivity index (χ1) is 13.8. The van der Waals surface area contributed by atoms with Crippen molar-refractivity contribution >= 4 is 40.1 Å². The van der Waals surface area contributed by atoms with Crippen molar-refractivity contribution in [3.63, 3.8) is 0 Å². The van der Waals surface area contributed by atoms with Crippen LogP contribution >= 0.6 is 23.1 Å². The van der Waals surface area contributed by atoms with E-state index < -0.39 is 0 Å². The SMILES string of the molecule is O=C(CSc1nnc(NC[C@@H]2CCCO2)s1)N1CCN(c2ncccn2)CC1. The smallest absolute Gasteiger partial charge is 0.233 e. The third-order valence-electron chi connectivity index (χ3n) is 4.70. The normalized spacial score (nSPS) is 19.8. The van der Waals surface area contributed by atoms with Gasteiger partial charge in [0, 0.05) is 51.7 Å². The molecule has 0 saturated carbocycles. The molecule has 1 amide bonds. The number of hydrogen-bond acceptors (Lipinski definition) is 10. The van der Waals surface area contributed by atoms with Crippen molar-refractivity contribution in [2.45, 2.75) is 23.3 Å². The zero-order valence-corrected chi connectivity index (χ0v) is 17.1. The lowest BCUT2D eigenvalue weighted by Crippen LogP contribution is -2.49. The minimum Gasteiger partial charge on any atom is -0.376 e. The van der Waals surface area contributed by atoms with Gasteiger partial charge in [0.15, 0.2) is 4.34 Å². The second-order valence-electron chi connectivity index (χ2n) is 6.59. The summed E-state index contributed by atoms with van der Waals surface area (Å²) < 4.78 is 6.40. The van der Waals surface area contributed by atoms with Crippen LogP contribution in [0.15, 0.2) is 22.8 Å². The van der Waals surface area contributed by atoms with Crippen LogP contribution in [-0.2, 0) is 9.53 Å². The molecule has 0 unspecified atom stereocenters. The Labute approximate surface area is 171 Å². The molecule has 1 atom stereocenters. The van der Waals surface area contributed by atoms with Gasteiger partial charge < -0.3 is 19.9 Å². The fraction of sp³-hybridized carbons (Fsp3) is 0.588. The highest BCUT2D eigenvalue weighted by Crippen LogP contribution is 2.26. The van der Waals surface area contributed by atoms with E-state index in [0.717, 1.165) is 54.5 Å². The van der Waals surface area contributed by atoms with Crippen LogP contribution in [0.25, 0.3) is 0 Å². The van der Waals surface area contributed by atoms with Crippen molar-refractivity contribution < 1.29 is 9.53 Å². The van der Waals surface area contributed by atoms with Gasteiger partial charge in [-0.1, -0.05) is 23.1 Å². The Bertz CT molecular complexity index is 762. The highest BCUT2D eigenvalue weighted by atomic mass is 32.2. The van der Waals surface area contributed by atoms with Gasteiger partial charge in [-0.15, -0.1) is 10.2 Å².